The van der Waals surface area contributed by atoms with Crippen molar-refractivity contribution < 1.29 is 30.0 Å². The molecule has 130 valence electrons. The van der Waals surface area contributed by atoms with Crippen LogP contribution >= 0.6 is 0 Å². The highest BCUT2D eigenvalue weighted by Crippen LogP contribution is 2.25. The number of aliphatic hydroxyl groups excluding tert-OH is 2. The van der Waals surface area contributed by atoms with Crippen LogP contribution in [0.1, 0.15) is 20.7 Å². The largest absolute Gasteiger partial charge is 0.507 e. The highest BCUT2D eigenvalue weighted by molar-refractivity contribution is 5.94. The van der Waals surface area contributed by atoms with Gasteiger partial charge in [0, 0.05) is 5.56 Å². The molecule has 0 saturated heterocycles. The van der Waals surface area contributed by atoms with Gasteiger partial charge in [-0.05, 0) is 42.5 Å². The van der Waals surface area contributed by atoms with Crippen molar-refractivity contribution in [1.29, 1.82) is 0 Å². The van der Waals surface area contributed by atoms with Gasteiger partial charge >= 0.3 is 5.97 Å². The summed E-state index contributed by atoms with van der Waals surface area (Å²) in [5.74, 6) is -2.21. The number of rotatable bonds is 6. The second-order valence-electron chi connectivity index (χ2n) is 4.93. The van der Waals surface area contributed by atoms with Crippen LogP contribution in [0.3, 0.4) is 0 Å². The van der Waals surface area contributed by atoms with Crippen LogP contribution in [0.2, 0.25) is 0 Å². The lowest BCUT2D eigenvalue weighted by atomic mass is 10.2. The van der Waals surface area contributed by atoms with Crippen LogP contribution in [0.25, 0.3) is 0 Å². The number of azo groups is 1. The first-order chi connectivity index (χ1) is 11.9. The summed E-state index contributed by atoms with van der Waals surface area (Å²) >= 11 is 0. The zero-order chi connectivity index (χ0) is 18.4. The quantitative estimate of drug-likeness (QED) is 0.395. The van der Waals surface area contributed by atoms with Crippen molar-refractivity contribution in [1.82, 2.24) is 5.32 Å². The van der Waals surface area contributed by atoms with Gasteiger partial charge in [0.2, 0.25) is 0 Å². The third-order valence-corrected chi connectivity index (χ3v) is 3.09. The topological polar surface area (TPSA) is 152 Å². The lowest BCUT2D eigenvalue weighted by molar-refractivity contribution is 0.0548. The Balaban J connectivity index is 2.11. The number of phenols is 1. The number of carboxylic acids is 1. The molecule has 2 aromatic carbocycles. The fraction of sp³-hybridized carbons (Fsp3) is 0.125. The molecule has 0 aliphatic rings. The van der Waals surface area contributed by atoms with Gasteiger partial charge in [-0.1, -0.05) is 0 Å². The van der Waals surface area contributed by atoms with Gasteiger partial charge in [-0.25, -0.2) is 4.79 Å². The minimum absolute atomic E-state index is 0.239. The number of carboxylic acid groups (broad SMARTS) is 1. The summed E-state index contributed by atoms with van der Waals surface area (Å²) in [5, 5.41) is 46.2. The first-order valence-electron chi connectivity index (χ1n) is 7.08. The first kappa shape index (κ1) is 18.0. The molecule has 0 aliphatic heterocycles. The molecular formula is C16H15N3O6. The number of hydrogen-bond acceptors (Lipinski definition) is 7. The predicted octanol–water partition coefficient (Wildman–Crippen LogP) is 1.55. The molecule has 25 heavy (non-hydrogen) atoms. The molecule has 0 fully saturated rings. The van der Waals surface area contributed by atoms with E-state index in [1.807, 2.05) is 0 Å². The normalized spacial score (nSPS) is 12.1. The van der Waals surface area contributed by atoms with Crippen molar-refractivity contribution in [2.45, 2.75) is 6.23 Å². The van der Waals surface area contributed by atoms with E-state index < -0.39 is 24.7 Å². The van der Waals surface area contributed by atoms with Gasteiger partial charge in [0.15, 0.2) is 0 Å². The van der Waals surface area contributed by atoms with Crippen LogP contribution in [0.15, 0.2) is 52.7 Å². The molecule has 0 radical (unpaired) electrons. The number of carbonyl (C=O) groups excluding carboxylic acids is 1. The van der Waals surface area contributed by atoms with E-state index >= 15 is 0 Å². The van der Waals surface area contributed by atoms with Crippen LogP contribution in [-0.2, 0) is 0 Å². The van der Waals surface area contributed by atoms with Gasteiger partial charge in [-0.2, -0.15) is 10.2 Å². The molecule has 2 rings (SSSR count). The number of nitrogens with zero attached hydrogens (tertiary/aromatic N) is 2. The van der Waals surface area contributed by atoms with Gasteiger partial charge < -0.3 is 25.7 Å². The van der Waals surface area contributed by atoms with Crippen molar-refractivity contribution in [3.8, 4) is 5.75 Å². The predicted molar refractivity (Wildman–Crippen MR) is 86.2 cm³/mol. The third-order valence-electron chi connectivity index (χ3n) is 3.09. The highest BCUT2D eigenvalue weighted by Gasteiger charge is 2.11. The lowest BCUT2D eigenvalue weighted by Crippen LogP contribution is -2.37. The molecule has 0 bridgehead atoms. The zero-order valence-electron chi connectivity index (χ0n) is 12.8. The molecule has 0 aromatic heterocycles. The summed E-state index contributed by atoms with van der Waals surface area (Å²) in [6, 6.07) is 9.70. The summed E-state index contributed by atoms with van der Waals surface area (Å²) in [7, 11) is 0. The standard InChI is InChI=1S/C16H15N3O6/c20-8-14(22)17-15(23)9-1-3-10(4-2-9)18-19-11-5-6-13(21)12(7-11)16(24)25/h1-7,14,20-22H,8H2,(H,17,23)(H,24,25). The van der Waals surface area contributed by atoms with Gasteiger partial charge in [0.1, 0.15) is 17.5 Å². The number of aliphatic hydroxyl groups is 2. The lowest BCUT2D eigenvalue weighted by Gasteiger charge is -2.09. The number of benzene rings is 2. The Bertz CT molecular complexity index is 804. The van der Waals surface area contributed by atoms with Crippen LogP contribution in [0.5, 0.6) is 5.75 Å². The first-order valence-corrected chi connectivity index (χ1v) is 7.08. The second-order valence-corrected chi connectivity index (χ2v) is 4.93. The van der Waals surface area contributed by atoms with Crippen molar-refractivity contribution in [3.63, 3.8) is 0 Å². The van der Waals surface area contributed by atoms with Crippen LogP contribution in [0, 0.1) is 0 Å². The Hall–Kier alpha value is -3.30. The SMILES string of the molecule is O=C(NC(O)CO)c1ccc(N=Nc2ccc(O)c(C(=O)O)c2)cc1. The van der Waals surface area contributed by atoms with E-state index in [0.29, 0.717) is 5.69 Å². The van der Waals surface area contributed by atoms with E-state index in [9.17, 15) is 14.7 Å². The van der Waals surface area contributed by atoms with Crippen molar-refractivity contribution in [2.24, 2.45) is 10.2 Å². The number of amides is 1. The molecule has 0 heterocycles. The molecule has 2 aromatic rings. The van der Waals surface area contributed by atoms with Gasteiger partial charge in [-0.3, -0.25) is 4.79 Å². The Labute approximate surface area is 141 Å². The van der Waals surface area contributed by atoms with Crippen molar-refractivity contribution in [3.05, 3.63) is 53.6 Å². The maximum absolute atomic E-state index is 11.7. The van der Waals surface area contributed by atoms with Crippen molar-refractivity contribution in [2.75, 3.05) is 6.61 Å². The molecular weight excluding hydrogens is 330 g/mol. The minimum Gasteiger partial charge on any atom is -0.507 e. The third kappa shape index (κ3) is 4.83. The maximum Gasteiger partial charge on any atom is 0.339 e. The van der Waals surface area contributed by atoms with E-state index in [2.05, 4.69) is 15.5 Å². The highest BCUT2D eigenvalue weighted by atomic mass is 16.4. The molecule has 9 heteroatoms. The average molecular weight is 345 g/mol. The minimum atomic E-state index is -1.34. The Kier molecular flexibility index (Phi) is 5.77. The fourth-order valence-corrected chi connectivity index (χ4v) is 1.83. The summed E-state index contributed by atoms with van der Waals surface area (Å²) in [6.07, 6.45) is -1.34. The van der Waals surface area contributed by atoms with Crippen molar-refractivity contribution >= 4 is 23.3 Å². The summed E-state index contributed by atoms with van der Waals surface area (Å²) in [6.45, 7) is -0.594. The Morgan fingerprint density at radius 2 is 1.64 bits per heavy atom. The molecule has 0 aliphatic carbocycles. The molecule has 0 saturated carbocycles. The zero-order valence-corrected chi connectivity index (χ0v) is 12.8. The van der Waals surface area contributed by atoms with Gasteiger partial charge in [-0.15, -0.1) is 0 Å². The molecule has 0 spiro atoms. The Morgan fingerprint density at radius 1 is 1.04 bits per heavy atom. The van der Waals surface area contributed by atoms with E-state index in [0.717, 1.165) is 0 Å². The number of nitrogens with one attached hydrogen (secondary N) is 1. The van der Waals surface area contributed by atoms with E-state index in [1.165, 1.54) is 42.5 Å². The maximum atomic E-state index is 11.7. The summed E-state index contributed by atoms with van der Waals surface area (Å²) < 4.78 is 0. The molecule has 1 amide bonds. The number of hydrogen-bond donors (Lipinski definition) is 5. The van der Waals surface area contributed by atoms with E-state index in [1.54, 1.807) is 0 Å². The van der Waals surface area contributed by atoms with Crippen LogP contribution in [0.4, 0.5) is 11.4 Å². The molecule has 9 nitrogen and oxygen atoms in total. The fourth-order valence-electron chi connectivity index (χ4n) is 1.83. The van der Waals surface area contributed by atoms with Gasteiger partial charge in [0.05, 0.1) is 18.0 Å². The smallest absolute Gasteiger partial charge is 0.339 e. The molecule has 1 atom stereocenters. The van der Waals surface area contributed by atoms with E-state index in [4.69, 9.17) is 15.3 Å². The number of aromatic carboxylic acids is 1. The summed E-state index contributed by atoms with van der Waals surface area (Å²) in [4.78, 5) is 22.7. The van der Waals surface area contributed by atoms with E-state index in [-0.39, 0.29) is 22.6 Å². The van der Waals surface area contributed by atoms with Gasteiger partial charge in [0.25, 0.3) is 5.91 Å². The molecule has 1 unspecified atom stereocenters. The second kappa shape index (κ2) is 7.99. The number of carbonyl (C=O) groups is 2. The average Bonchev–Trinajstić information content (AvgIpc) is 2.61. The number of aromatic hydroxyl groups is 1. The van der Waals surface area contributed by atoms with Crippen LogP contribution < -0.4 is 5.32 Å². The van der Waals surface area contributed by atoms with Crippen LogP contribution in [-0.4, -0.2) is 45.1 Å². The molecule has 5 N–H and O–H groups in total. The monoisotopic (exact) mass is 345 g/mol. The Morgan fingerprint density at radius 3 is 2.24 bits per heavy atom. The summed E-state index contributed by atoms with van der Waals surface area (Å²) in [5.41, 5.74) is 0.613.